The van der Waals surface area contributed by atoms with Gasteiger partial charge in [0.2, 0.25) is 5.75 Å². The van der Waals surface area contributed by atoms with Crippen LogP contribution >= 0.6 is 0 Å². The van der Waals surface area contributed by atoms with Gasteiger partial charge >= 0.3 is 5.97 Å². The second-order valence-electron chi connectivity index (χ2n) is 8.33. The third kappa shape index (κ3) is 9.88. The number of rotatable bonds is 15. The highest BCUT2D eigenvalue weighted by Gasteiger charge is 2.18. The highest BCUT2D eigenvalue weighted by Crippen LogP contribution is 2.39. The minimum absolute atomic E-state index is 0.377. The van der Waals surface area contributed by atoms with Crippen molar-refractivity contribution in [2.45, 2.75) is 51.9 Å². The minimum atomic E-state index is -0.377. The Morgan fingerprint density at radius 1 is 0.862 bits per heavy atom. The van der Waals surface area contributed by atoms with Crippen molar-refractivity contribution in [1.29, 1.82) is 0 Å². The number of hydrogen-bond acceptors (Lipinski definition) is 5. The van der Waals surface area contributed by atoms with Gasteiger partial charge in [0.15, 0.2) is 11.5 Å². The first-order valence-corrected chi connectivity index (χ1v) is 10.7. The molecule has 0 amide bonds. The number of unbranched alkanes of at least 4 members (excludes halogenated alkanes) is 5. The first-order chi connectivity index (χ1) is 13.8. The maximum atomic E-state index is 12.4. The molecule has 0 atom stereocenters. The lowest BCUT2D eigenvalue weighted by atomic mass is 10.1. The van der Waals surface area contributed by atoms with Crippen molar-refractivity contribution in [3.8, 4) is 17.2 Å². The fourth-order valence-corrected chi connectivity index (χ4v) is 2.96. The summed E-state index contributed by atoms with van der Waals surface area (Å²) in [7, 11) is 9.57. The molecule has 1 rings (SSSR count). The van der Waals surface area contributed by atoms with Crippen LogP contribution in [-0.2, 0) is 4.74 Å². The molecule has 0 radical (unpaired) electrons. The van der Waals surface area contributed by atoms with Crippen LogP contribution in [0.2, 0.25) is 0 Å². The molecule has 0 heterocycles. The van der Waals surface area contributed by atoms with Gasteiger partial charge in [-0.25, -0.2) is 4.79 Å². The Hall–Kier alpha value is -1.95. The first-order valence-electron chi connectivity index (χ1n) is 10.7. The van der Waals surface area contributed by atoms with Gasteiger partial charge in [-0.3, -0.25) is 0 Å². The summed E-state index contributed by atoms with van der Waals surface area (Å²) in [5.74, 6) is 1.12. The number of hydrogen-bond donors (Lipinski definition) is 0. The number of esters is 1. The summed E-state index contributed by atoms with van der Waals surface area (Å²) in [5.41, 5.74) is 0.403. The zero-order valence-electron chi connectivity index (χ0n) is 19.2. The predicted octanol–water partition coefficient (Wildman–Crippen LogP) is 4.70. The van der Waals surface area contributed by atoms with Crippen LogP contribution in [0.1, 0.15) is 62.2 Å². The van der Waals surface area contributed by atoms with E-state index in [0.717, 1.165) is 36.7 Å². The predicted molar refractivity (Wildman–Crippen MR) is 116 cm³/mol. The number of methoxy groups -OCH3 is 2. The Kier molecular flexibility index (Phi) is 11.5. The Labute approximate surface area is 176 Å². The van der Waals surface area contributed by atoms with Gasteiger partial charge in [0.25, 0.3) is 0 Å². The van der Waals surface area contributed by atoms with E-state index in [1.165, 1.54) is 19.3 Å². The number of ether oxygens (including phenoxy) is 4. The Balaban J connectivity index is 2.64. The number of quaternary nitrogens is 1. The van der Waals surface area contributed by atoms with Gasteiger partial charge in [0.05, 0.1) is 60.7 Å². The molecule has 1 aromatic rings. The molecule has 0 bridgehead atoms. The van der Waals surface area contributed by atoms with Crippen LogP contribution in [0.5, 0.6) is 17.2 Å². The number of nitrogens with zero attached hydrogens (tertiary/aromatic N) is 1. The van der Waals surface area contributed by atoms with E-state index < -0.39 is 0 Å². The highest BCUT2D eigenvalue weighted by molar-refractivity contribution is 5.91. The van der Waals surface area contributed by atoms with E-state index >= 15 is 0 Å². The van der Waals surface area contributed by atoms with Crippen LogP contribution in [0.3, 0.4) is 0 Å². The number of carbonyl (C=O) groups excluding carboxylic acids is 1. The highest BCUT2D eigenvalue weighted by atomic mass is 16.5. The largest absolute Gasteiger partial charge is 0.493 e. The first kappa shape index (κ1) is 25.1. The molecular formula is C23H40NO5+. The maximum Gasteiger partial charge on any atom is 0.338 e. The van der Waals surface area contributed by atoms with Crippen molar-refractivity contribution in [2.75, 3.05) is 55.1 Å². The number of benzene rings is 1. The lowest BCUT2D eigenvalue weighted by Crippen LogP contribution is -2.35. The molecule has 0 fully saturated rings. The van der Waals surface area contributed by atoms with Gasteiger partial charge in [-0.05, 0) is 31.4 Å². The van der Waals surface area contributed by atoms with Crippen molar-refractivity contribution >= 4 is 5.97 Å². The van der Waals surface area contributed by atoms with E-state index in [1.807, 2.05) is 0 Å². The summed E-state index contributed by atoms with van der Waals surface area (Å²) in [5, 5.41) is 0. The SMILES string of the molecule is CCCCCCCOc1c(OC)cc(C(=O)OCCCC[N+](C)(C)C)cc1OC. The molecule has 0 aliphatic rings. The summed E-state index contributed by atoms with van der Waals surface area (Å²) < 4.78 is 23.1. The van der Waals surface area contributed by atoms with E-state index in [0.29, 0.717) is 36.0 Å². The molecule has 0 aromatic heterocycles. The van der Waals surface area contributed by atoms with Crippen molar-refractivity contribution < 1.29 is 28.2 Å². The van der Waals surface area contributed by atoms with Crippen LogP contribution in [0, 0.1) is 0 Å². The van der Waals surface area contributed by atoms with Gasteiger partial charge < -0.3 is 23.4 Å². The van der Waals surface area contributed by atoms with Crippen LogP contribution in [0.4, 0.5) is 0 Å². The monoisotopic (exact) mass is 410 g/mol. The third-order valence-electron chi connectivity index (χ3n) is 4.65. The van der Waals surface area contributed by atoms with Crippen LogP contribution < -0.4 is 14.2 Å². The van der Waals surface area contributed by atoms with Gasteiger partial charge in [0, 0.05) is 0 Å². The summed E-state index contributed by atoms with van der Waals surface area (Å²) in [4.78, 5) is 12.4. The third-order valence-corrected chi connectivity index (χ3v) is 4.65. The smallest absolute Gasteiger partial charge is 0.338 e. The standard InChI is InChI=1S/C23H40NO5/c1-7-8-9-10-12-15-28-22-20(26-5)17-19(18-21(22)27-6)23(25)29-16-13-11-14-24(2,3)4/h17-18H,7-16H2,1-6H3/q+1. The topological polar surface area (TPSA) is 54.0 Å². The zero-order chi connectivity index (χ0) is 21.7. The van der Waals surface area contributed by atoms with Gasteiger partial charge in [0.1, 0.15) is 0 Å². The van der Waals surface area contributed by atoms with Gasteiger partial charge in [-0.1, -0.05) is 32.6 Å². The summed E-state index contributed by atoms with van der Waals surface area (Å²) in [6.45, 7) is 4.24. The van der Waals surface area contributed by atoms with E-state index in [1.54, 1.807) is 26.4 Å². The molecule has 29 heavy (non-hydrogen) atoms. The molecule has 0 aliphatic carbocycles. The summed E-state index contributed by atoms with van der Waals surface area (Å²) in [6.07, 6.45) is 7.64. The van der Waals surface area contributed by atoms with Crippen LogP contribution in [0.15, 0.2) is 12.1 Å². The van der Waals surface area contributed by atoms with E-state index in [9.17, 15) is 4.79 Å². The molecule has 0 aliphatic heterocycles. The van der Waals surface area contributed by atoms with Crippen molar-refractivity contribution in [1.82, 2.24) is 0 Å². The summed E-state index contributed by atoms with van der Waals surface area (Å²) >= 11 is 0. The molecule has 1 aromatic carbocycles. The van der Waals surface area contributed by atoms with Gasteiger partial charge in [-0.15, -0.1) is 0 Å². The zero-order valence-corrected chi connectivity index (χ0v) is 19.2. The normalized spacial score (nSPS) is 11.2. The minimum Gasteiger partial charge on any atom is -0.493 e. The maximum absolute atomic E-state index is 12.4. The molecule has 0 saturated heterocycles. The fourth-order valence-electron chi connectivity index (χ4n) is 2.96. The molecule has 0 spiro atoms. The average molecular weight is 411 g/mol. The second-order valence-corrected chi connectivity index (χ2v) is 8.33. The molecule has 0 unspecified atom stereocenters. The van der Waals surface area contributed by atoms with Crippen LogP contribution in [-0.4, -0.2) is 65.6 Å². The molecule has 6 heteroatoms. The van der Waals surface area contributed by atoms with Gasteiger partial charge in [-0.2, -0.15) is 0 Å². The lowest BCUT2D eigenvalue weighted by Gasteiger charge is -2.23. The van der Waals surface area contributed by atoms with Crippen LogP contribution in [0.25, 0.3) is 0 Å². The molecule has 0 saturated carbocycles. The van der Waals surface area contributed by atoms with Crippen molar-refractivity contribution in [3.05, 3.63) is 17.7 Å². The molecule has 166 valence electrons. The quantitative estimate of drug-likeness (QED) is 0.238. The number of carbonyl (C=O) groups is 1. The lowest BCUT2D eigenvalue weighted by molar-refractivity contribution is -0.870. The van der Waals surface area contributed by atoms with E-state index in [4.69, 9.17) is 18.9 Å². The second kappa shape index (κ2) is 13.3. The van der Waals surface area contributed by atoms with Crippen molar-refractivity contribution in [3.63, 3.8) is 0 Å². The molecular weight excluding hydrogens is 370 g/mol. The summed E-state index contributed by atoms with van der Waals surface area (Å²) in [6, 6.07) is 3.31. The Morgan fingerprint density at radius 3 is 2.00 bits per heavy atom. The van der Waals surface area contributed by atoms with Crippen molar-refractivity contribution in [2.24, 2.45) is 0 Å². The fraction of sp³-hybridized carbons (Fsp3) is 0.696. The van der Waals surface area contributed by atoms with E-state index in [2.05, 4.69) is 28.1 Å². The Bertz CT molecular complexity index is 585. The van der Waals surface area contributed by atoms with E-state index in [-0.39, 0.29) is 5.97 Å². The Morgan fingerprint density at radius 2 is 1.45 bits per heavy atom. The molecule has 0 N–H and O–H groups in total. The average Bonchev–Trinajstić information content (AvgIpc) is 2.68. The molecule has 6 nitrogen and oxygen atoms in total.